The lowest BCUT2D eigenvalue weighted by molar-refractivity contribution is -0.126. The summed E-state index contributed by atoms with van der Waals surface area (Å²) >= 11 is 0. The number of primary amides is 1. The molecule has 0 aromatic heterocycles. The lowest BCUT2D eigenvalue weighted by Crippen LogP contribution is -2.31. The van der Waals surface area contributed by atoms with Gasteiger partial charge in [0.2, 0.25) is 11.8 Å². The Hall–Kier alpha value is -1.26. The molecule has 0 spiro atoms. The molecule has 0 unspecified atom stereocenters. The topological polar surface area (TPSA) is 121 Å². The van der Waals surface area contributed by atoms with Gasteiger partial charge in [-0.3, -0.25) is 9.59 Å². The van der Waals surface area contributed by atoms with Crippen LogP contribution >= 0.6 is 0 Å². The number of hydrogen-bond acceptors (Lipinski definition) is 7. The minimum atomic E-state index is -0.513. The van der Waals surface area contributed by atoms with Gasteiger partial charge in [0.15, 0.2) is 0 Å². The smallest absolute Gasteiger partial charge is 0.246 e. The number of nitrogens with one attached hydrogen (secondary N) is 2. The molecule has 0 aromatic rings. The number of rotatable bonds is 18. The summed E-state index contributed by atoms with van der Waals surface area (Å²) in [5.74, 6) is -0.714. The van der Waals surface area contributed by atoms with Crippen LogP contribution in [0.15, 0.2) is 0 Å². The monoisotopic (exact) mass is 349 g/mol. The van der Waals surface area contributed by atoms with Gasteiger partial charge in [-0.15, -0.1) is 0 Å². The van der Waals surface area contributed by atoms with Crippen molar-refractivity contribution in [3.05, 3.63) is 0 Å². The van der Waals surface area contributed by atoms with E-state index in [-0.39, 0.29) is 25.7 Å². The molecule has 0 atom stereocenters. The van der Waals surface area contributed by atoms with Crippen LogP contribution in [0, 0.1) is 0 Å². The van der Waals surface area contributed by atoms with E-state index in [1.807, 2.05) is 0 Å². The highest BCUT2D eigenvalue weighted by Gasteiger charge is 2.00. The first-order chi connectivity index (χ1) is 11.7. The number of carbonyl (C=O) groups is 2. The number of ether oxygens (including phenoxy) is 4. The lowest BCUT2D eigenvalue weighted by Gasteiger charge is -2.08. The summed E-state index contributed by atoms with van der Waals surface area (Å²) in [7, 11) is 0. The Morgan fingerprint density at radius 3 is 2.00 bits per heavy atom. The van der Waals surface area contributed by atoms with Gasteiger partial charge in [0.25, 0.3) is 0 Å². The fourth-order valence-electron chi connectivity index (χ4n) is 1.54. The SMILES string of the molecule is CCCNCCOCCOCC(=O)NCCOCCOCC(N)=O. The molecule has 0 saturated carbocycles. The Morgan fingerprint density at radius 2 is 1.38 bits per heavy atom. The van der Waals surface area contributed by atoms with Crippen molar-refractivity contribution in [3.8, 4) is 0 Å². The fourth-order valence-corrected chi connectivity index (χ4v) is 1.54. The first-order valence-corrected chi connectivity index (χ1v) is 8.23. The summed E-state index contributed by atoms with van der Waals surface area (Å²) in [5, 5.41) is 5.89. The summed E-state index contributed by atoms with van der Waals surface area (Å²) in [4.78, 5) is 21.8. The second kappa shape index (κ2) is 18.1. The van der Waals surface area contributed by atoms with Crippen LogP contribution in [0.5, 0.6) is 0 Å². The van der Waals surface area contributed by atoms with Crippen molar-refractivity contribution in [1.29, 1.82) is 0 Å². The number of nitrogens with two attached hydrogens (primary N) is 1. The molecule has 24 heavy (non-hydrogen) atoms. The molecule has 0 saturated heterocycles. The number of carbonyl (C=O) groups excluding carboxylic acids is 2. The van der Waals surface area contributed by atoms with Gasteiger partial charge in [-0.2, -0.15) is 0 Å². The van der Waals surface area contributed by atoms with Crippen LogP contribution in [0.2, 0.25) is 0 Å². The second-order valence-electron chi connectivity index (χ2n) is 4.90. The van der Waals surface area contributed by atoms with E-state index in [1.165, 1.54) is 0 Å². The van der Waals surface area contributed by atoms with Gasteiger partial charge < -0.3 is 35.3 Å². The molecule has 0 bridgehead atoms. The predicted octanol–water partition coefficient (Wildman–Crippen LogP) is -1.35. The first kappa shape index (κ1) is 22.7. The van der Waals surface area contributed by atoms with Crippen molar-refractivity contribution in [1.82, 2.24) is 10.6 Å². The zero-order valence-corrected chi connectivity index (χ0v) is 14.5. The Morgan fingerprint density at radius 1 is 0.792 bits per heavy atom. The number of hydrogen-bond donors (Lipinski definition) is 3. The molecule has 0 rings (SSSR count). The maximum absolute atomic E-state index is 11.4. The maximum Gasteiger partial charge on any atom is 0.246 e. The second-order valence-corrected chi connectivity index (χ2v) is 4.90. The first-order valence-electron chi connectivity index (χ1n) is 8.23. The van der Waals surface area contributed by atoms with Gasteiger partial charge in [0, 0.05) is 13.1 Å². The molecule has 0 fully saturated rings. The molecule has 2 amide bonds. The Bertz CT molecular complexity index is 318. The molecule has 0 aliphatic rings. The van der Waals surface area contributed by atoms with Crippen molar-refractivity contribution < 1.29 is 28.5 Å². The highest BCUT2D eigenvalue weighted by Crippen LogP contribution is 1.81. The molecule has 0 aromatic carbocycles. The third-order valence-corrected chi connectivity index (χ3v) is 2.64. The van der Waals surface area contributed by atoms with Gasteiger partial charge in [-0.25, -0.2) is 0 Å². The molecule has 0 aliphatic heterocycles. The molecule has 9 nitrogen and oxygen atoms in total. The summed E-state index contributed by atoms with van der Waals surface area (Å²) in [6.45, 7) is 6.66. The van der Waals surface area contributed by atoms with Gasteiger partial charge >= 0.3 is 0 Å². The molecule has 142 valence electrons. The Balaban J connectivity index is 3.17. The van der Waals surface area contributed by atoms with Crippen molar-refractivity contribution in [2.45, 2.75) is 13.3 Å². The van der Waals surface area contributed by atoms with E-state index < -0.39 is 5.91 Å². The lowest BCUT2D eigenvalue weighted by atomic mass is 10.5. The Labute approximate surface area is 143 Å². The predicted molar refractivity (Wildman–Crippen MR) is 88.6 cm³/mol. The third-order valence-electron chi connectivity index (χ3n) is 2.64. The normalized spacial score (nSPS) is 10.7. The molecular weight excluding hydrogens is 318 g/mol. The van der Waals surface area contributed by atoms with Crippen molar-refractivity contribution in [2.75, 3.05) is 72.5 Å². The average molecular weight is 349 g/mol. The molecule has 0 heterocycles. The molecular formula is C15H31N3O6. The minimum absolute atomic E-state index is 0.000826. The van der Waals surface area contributed by atoms with Crippen LogP contribution in [0.25, 0.3) is 0 Å². The quantitative estimate of drug-likeness (QED) is 0.262. The minimum Gasteiger partial charge on any atom is -0.378 e. The van der Waals surface area contributed by atoms with E-state index in [0.29, 0.717) is 39.6 Å². The van der Waals surface area contributed by atoms with Crippen molar-refractivity contribution in [3.63, 3.8) is 0 Å². The van der Waals surface area contributed by atoms with Crippen LogP contribution in [-0.4, -0.2) is 84.3 Å². The van der Waals surface area contributed by atoms with E-state index in [4.69, 9.17) is 24.7 Å². The molecule has 9 heteroatoms. The van der Waals surface area contributed by atoms with E-state index >= 15 is 0 Å². The van der Waals surface area contributed by atoms with E-state index in [9.17, 15) is 9.59 Å². The van der Waals surface area contributed by atoms with Crippen LogP contribution in [-0.2, 0) is 28.5 Å². The highest BCUT2D eigenvalue weighted by molar-refractivity contribution is 5.77. The highest BCUT2D eigenvalue weighted by atomic mass is 16.5. The third kappa shape index (κ3) is 18.8. The van der Waals surface area contributed by atoms with Gasteiger partial charge in [0.1, 0.15) is 13.2 Å². The van der Waals surface area contributed by atoms with E-state index in [1.54, 1.807) is 0 Å². The van der Waals surface area contributed by atoms with Crippen LogP contribution in [0.3, 0.4) is 0 Å². The zero-order chi connectivity index (χ0) is 17.9. The fraction of sp³-hybridized carbons (Fsp3) is 0.867. The Kier molecular flexibility index (Phi) is 17.1. The summed E-state index contributed by atoms with van der Waals surface area (Å²) in [6.07, 6.45) is 1.10. The van der Waals surface area contributed by atoms with E-state index in [2.05, 4.69) is 17.6 Å². The zero-order valence-electron chi connectivity index (χ0n) is 14.5. The summed E-state index contributed by atoms with van der Waals surface area (Å²) in [6, 6.07) is 0. The maximum atomic E-state index is 11.4. The summed E-state index contributed by atoms with van der Waals surface area (Å²) in [5.41, 5.74) is 4.90. The molecule has 4 N–H and O–H groups in total. The molecule has 0 radical (unpaired) electrons. The van der Waals surface area contributed by atoms with Gasteiger partial charge in [-0.1, -0.05) is 6.92 Å². The molecule has 0 aliphatic carbocycles. The van der Waals surface area contributed by atoms with Crippen molar-refractivity contribution >= 4 is 11.8 Å². The van der Waals surface area contributed by atoms with Gasteiger partial charge in [-0.05, 0) is 13.0 Å². The van der Waals surface area contributed by atoms with Crippen LogP contribution < -0.4 is 16.4 Å². The summed E-state index contributed by atoms with van der Waals surface area (Å²) < 4.78 is 20.7. The van der Waals surface area contributed by atoms with Gasteiger partial charge in [0.05, 0.1) is 39.6 Å². The number of amides is 2. The largest absolute Gasteiger partial charge is 0.378 e. The van der Waals surface area contributed by atoms with Crippen LogP contribution in [0.4, 0.5) is 0 Å². The average Bonchev–Trinajstić information content (AvgIpc) is 2.55. The van der Waals surface area contributed by atoms with Crippen LogP contribution in [0.1, 0.15) is 13.3 Å². The standard InChI is InChI=1S/C15H31N3O6/c1-2-3-17-4-6-21-9-11-24-13-15(20)18-5-7-22-8-10-23-12-14(16)19/h17H,2-13H2,1H3,(H2,16,19)(H,18,20). The van der Waals surface area contributed by atoms with E-state index in [0.717, 1.165) is 19.5 Å². The van der Waals surface area contributed by atoms with Crippen molar-refractivity contribution in [2.24, 2.45) is 5.73 Å².